The summed E-state index contributed by atoms with van der Waals surface area (Å²) in [4.78, 5) is 4.16. The lowest BCUT2D eigenvalue weighted by Crippen LogP contribution is -2.42. The fourth-order valence-corrected chi connectivity index (χ4v) is 2.56. The fraction of sp³-hybridized carbons (Fsp3) is 0.357. The van der Waals surface area contributed by atoms with Gasteiger partial charge in [-0.15, -0.1) is 0 Å². The highest BCUT2D eigenvalue weighted by Crippen LogP contribution is 2.33. The number of aromatic nitrogens is 1. The Morgan fingerprint density at radius 3 is 2.82 bits per heavy atom. The second kappa shape index (κ2) is 4.09. The molecule has 3 nitrogen and oxygen atoms in total. The average molecular weight is 228 g/mol. The largest absolute Gasteiger partial charge is 0.381 e. The molecule has 3 rings (SSSR count). The van der Waals surface area contributed by atoms with Crippen LogP contribution >= 0.6 is 0 Å². The molecule has 2 aromatic rings. The van der Waals surface area contributed by atoms with Crippen LogP contribution in [0.5, 0.6) is 0 Å². The third-order valence-electron chi connectivity index (χ3n) is 3.60. The number of nitrogens with zero attached hydrogens (tertiary/aromatic N) is 1. The normalized spacial score (nSPS) is 19.4. The zero-order chi connectivity index (χ0) is 11.7. The summed E-state index contributed by atoms with van der Waals surface area (Å²) >= 11 is 0. The summed E-state index contributed by atoms with van der Waals surface area (Å²) in [6.45, 7) is 1.50. The van der Waals surface area contributed by atoms with Crippen LogP contribution in [0.25, 0.3) is 10.8 Å². The minimum atomic E-state index is -0.251. The third kappa shape index (κ3) is 1.81. The maximum atomic E-state index is 6.55. The number of rotatable bonds is 1. The maximum Gasteiger partial charge on any atom is 0.0486 e. The van der Waals surface area contributed by atoms with Crippen molar-refractivity contribution in [3.8, 4) is 0 Å². The topological polar surface area (TPSA) is 48.1 Å². The molecule has 0 atom stereocenters. The van der Waals surface area contributed by atoms with E-state index in [2.05, 4.69) is 29.2 Å². The average Bonchev–Trinajstić information content (AvgIpc) is 2.39. The van der Waals surface area contributed by atoms with Crippen LogP contribution in [0.2, 0.25) is 0 Å². The van der Waals surface area contributed by atoms with E-state index >= 15 is 0 Å². The van der Waals surface area contributed by atoms with Crippen molar-refractivity contribution in [2.75, 3.05) is 13.2 Å². The molecule has 0 unspecified atom stereocenters. The zero-order valence-corrected chi connectivity index (χ0v) is 9.73. The number of nitrogens with two attached hydrogens (primary N) is 1. The molecule has 0 spiro atoms. The lowest BCUT2D eigenvalue weighted by Gasteiger charge is -2.34. The minimum absolute atomic E-state index is 0.251. The van der Waals surface area contributed by atoms with Gasteiger partial charge >= 0.3 is 0 Å². The molecule has 1 fully saturated rings. The van der Waals surface area contributed by atoms with E-state index in [1.165, 1.54) is 10.9 Å². The molecule has 0 aliphatic carbocycles. The van der Waals surface area contributed by atoms with Gasteiger partial charge in [0, 0.05) is 36.5 Å². The molecule has 88 valence electrons. The van der Waals surface area contributed by atoms with Crippen LogP contribution in [0, 0.1) is 0 Å². The molecular formula is C14H16N2O. The van der Waals surface area contributed by atoms with Gasteiger partial charge in [-0.1, -0.05) is 18.2 Å². The molecule has 1 aliphatic rings. The van der Waals surface area contributed by atoms with Gasteiger partial charge < -0.3 is 10.5 Å². The Morgan fingerprint density at radius 1 is 1.18 bits per heavy atom. The molecule has 3 heteroatoms. The monoisotopic (exact) mass is 228 g/mol. The molecule has 17 heavy (non-hydrogen) atoms. The Labute approximate surface area is 101 Å². The van der Waals surface area contributed by atoms with Crippen molar-refractivity contribution < 1.29 is 4.74 Å². The first-order valence-electron chi connectivity index (χ1n) is 5.99. The van der Waals surface area contributed by atoms with Crippen molar-refractivity contribution in [3.05, 3.63) is 42.2 Å². The van der Waals surface area contributed by atoms with Gasteiger partial charge in [0.2, 0.25) is 0 Å². The van der Waals surface area contributed by atoms with E-state index in [1.807, 2.05) is 12.4 Å². The molecular weight excluding hydrogens is 212 g/mol. The Balaban J connectivity index is 2.16. The second-order valence-corrected chi connectivity index (χ2v) is 4.67. The smallest absolute Gasteiger partial charge is 0.0486 e. The summed E-state index contributed by atoms with van der Waals surface area (Å²) in [7, 11) is 0. The number of ether oxygens (including phenoxy) is 1. The van der Waals surface area contributed by atoms with E-state index in [4.69, 9.17) is 10.5 Å². The fourth-order valence-electron chi connectivity index (χ4n) is 2.56. The highest BCUT2D eigenvalue weighted by Gasteiger charge is 2.31. The minimum Gasteiger partial charge on any atom is -0.381 e. The van der Waals surface area contributed by atoms with Crippen molar-refractivity contribution >= 4 is 10.8 Å². The summed E-state index contributed by atoms with van der Waals surface area (Å²) in [6, 6.07) is 8.32. The first-order chi connectivity index (χ1) is 8.30. The van der Waals surface area contributed by atoms with Gasteiger partial charge in [-0.2, -0.15) is 0 Å². The van der Waals surface area contributed by atoms with E-state index in [0.717, 1.165) is 31.4 Å². The molecule has 0 amide bonds. The van der Waals surface area contributed by atoms with Gasteiger partial charge in [0.15, 0.2) is 0 Å². The van der Waals surface area contributed by atoms with Crippen molar-refractivity contribution in [1.82, 2.24) is 4.98 Å². The molecule has 1 aromatic heterocycles. The van der Waals surface area contributed by atoms with Gasteiger partial charge in [-0.3, -0.25) is 4.98 Å². The van der Waals surface area contributed by atoms with Crippen LogP contribution in [0.1, 0.15) is 18.4 Å². The SMILES string of the molecule is NC1(c2cccc3cnccc23)CCOCC1. The predicted octanol–water partition coefficient (Wildman–Crippen LogP) is 2.20. The van der Waals surface area contributed by atoms with E-state index in [0.29, 0.717) is 0 Å². The van der Waals surface area contributed by atoms with Crippen LogP contribution < -0.4 is 5.73 Å². The van der Waals surface area contributed by atoms with Gasteiger partial charge in [0.05, 0.1) is 0 Å². The highest BCUT2D eigenvalue weighted by atomic mass is 16.5. The van der Waals surface area contributed by atoms with E-state index in [-0.39, 0.29) is 5.54 Å². The maximum absolute atomic E-state index is 6.55. The van der Waals surface area contributed by atoms with E-state index < -0.39 is 0 Å². The van der Waals surface area contributed by atoms with Crippen LogP contribution in [-0.4, -0.2) is 18.2 Å². The second-order valence-electron chi connectivity index (χ2n) is 4.67. The summed E-state index contributed by atoms with van der Waals surface area (Å²) in [5.74, 6) is 0. The summed E-state index contributed by atoms with van der Waals surface area (Å²) in [5, 5.41) is 2.37. The zero-order valence-electron chi connectivity index (χ0n) is 9.73. The molecule has 1 aromatic carbocycles. The predicted molar refractivity (Wildman–Crippen MR) is 67.7 cm³/mol. The quantitative estimate of drug-likeness (QED) is 0.814. The lowest BCUT2D eigenvalue weighted by molar-refractivity contribution is 0.0527. The number of hydrogen-bond acceptors (Lipinski definition) is 3. The summed E-state index contributed by atoms with van der Waals surface area (Å²) in [5.41, 5.74) is 7.52. The Bertz CT molecular complexity index is 527. The van der Waals surface area contributed by atoms with Crippen molar-refractivity contribution in [1.29, 1.82) is 0 Å². The third-order valence-corrected chi connectivity index (χ3v) is 3.60. The van der Waals surface area contributed by atoms with Gasteiger partial charge in [-0.05, 0) is 29.9 Å². The van der Waals surface area contributed by atoms with Crippen molar-refractivity contribution in [2.45, 2.75) is 18.4 Å². The highest BCUT2D eigenvalue weighted by molar-refractivity contribution is 5.85. The van der Waals surface area contributed by atoms with Gasteiger partial charge in [-0.25, -0.2) is 0 Å². The first-order valence-corrected chi connectivity index (χ1v) is 5.99. The molecule has 1 aliphatic heterocycles. The summed E-state index contributed by atoms with van der Waals surface area (Å²) < 4.78 is 5.41. The summed E-state index contributed by atoms with van der Waals surface area (Å²) in [6.07, 6.45) is 5.49. The van der Waals surface area contributed by atoms with Crippen LogP contribution in [0.4, 0.5) is 0 Å². The van der Waals surface area contributed by atoms with Gasteiger partial charge in [0.25, 0.3) is 0 Å². The Kier molecular flexibility index (Phi) is 2.57. The molecule has 0 radical (unpaired) electrons. The molecule has 2 heterocycles. The van der Waals surface area contributed by atoms with E-state index in [1.54, 1.807) is 0 Å². The molecule has 1 saturated heterocycles. The van der Waals surface area contributed by atoms with Crippen molar-refractivity contribution in [3.63, 3.8) is 0 Å². The standard InChI is InChI=1S/C14H16N2O/c15-14(5-8-17-9-6-14)13-3-1-2-11-10-16-7-4-12(11)13/h1-4,7,10H,5-6,8-9,15H2. The lowest BCUT2D eigenvalue weighted by atomic mass is 9.81. The molecule has 2 N–H and O–H groups in total. The number of benzene rings is 1. The van der Waals surface area contributed by atoms with E-state index in [9.17, 15) is 0 Å². The molecule has 0 bridgehead atoms. The van der Waals surface area contributed by atoms with Crippen molar-refractivity contribution in [2.24, 2.45) is 5.73 Å². The van der Waals surface area contributed by atoms with Crippen LogP contribution in [-0.2, 0) is 10.3 Å². The Hall–Kier alpha value is -1.45. The molecule has 0 saturated carbocycles. The first kappa shape index (κ1) is 10.7. The number of pyridine rings is 1. The Morgan fingerprint density at radius 2 is 2.00 bits per heavy atom. The van der Waals surface area contributed by atoms with Gasteiger partial charge in [0.1, 0.15) is 0 Å². The number of hydrogen-bond donors (Lipinski definition) is 1. The van der Waals surface area contributed by atoms with Crippen LogP contribution in [0.15, 0.2) is 36.7 Å². The number of fused-ring (bicyclic) bond motifs is 1. The van der Waals surface area contributed by atoms with Crippen LogP contribution in [0.3, 0.4) is 0 Å².